The topological polar surface area (TPSA) is 102 Å². The maximum Gasteiger partial charge on any atom is 0.303 e. The lowest BCUT2D eigenvalue weighted by Crippen LogP contribution is -2.41. The number of hydrogen-bond acceptors (Lipinski definition) is 4. The van der Waals surface area contributed by atoms with E-state index < -0.39 is 12.0 Å². The van der Waals surface area contributed by atoms with Crippen LogP contribution in [-0.4, -0.2) is 43.3 Å². The minimum absolute atomic E-state index is 0.151. The van der Waals surface area contributed by atoms with Crippen LogP contribution in [0.1, 0.15) is 39.0 Å². The van der Waals surface area contributed by atoms with Crippen LogP contribution in [0.2, 0.25) is 0 Å². The van der Waals surface area contributed by atoms with Crippen molar-refractivity contribution < 1.29 is 19.4 Å². The third-order valence-electron chi connectivity index (χ3n) is 2.99. The van der Waals surface area contributed by atoms with Gasteiger partial charge in [-0.25, -0.2) is 0 Å². The molecule has 112 valence electrons. The number of ether oxygens (including phenoxy) is 1. The minimum Gasteiger partial charge on any atom is -0.481 e. The van der Waals surface area contributed by atoms with Crippen LogP contribution in [0.4, 0.5) is 0 Å². The first-order valence-corrected chi connectivity index (χ1v) is 6.71. The summed E-state index contributed by atoms with van der Waals surface area (Å²) in [5.41, 5.74) is 5.73. The summed E-state index contributed by atoms with van der Waals surface area (Å²) < 4.78 is 4.90. The second-order valence-corrected chi connectivity index (χ2v) is 4.86. The highest BCUT2D eigenvalue weighted by atomic mass is 16.5. The van der Waals surface area contributed by atoms with Crippen LogP contribution in [0.5, 0.6) is 0 Å². The molecule has 1 amide bonds. The monoisotopic (exact) mass is 274 g/mol. The number of nitrogens with one attached hydrogen (secondary N) is 1. The molecule has 0 spiro atoms. The summed E-state index contributed by atoms with van der Waals surface area (Å²) in [6, 6.07) is -0.496. The average Bonchev–Trinajstić information content (AvgIpc) is 2.36. The Kier molecular flexibility index (Phi) is 10.1. The standard InChI is InChI=1S/C13H26N2O4/c1-10(5-6-12(16)17)7-8-15-13(18)11(14)4-3-9-19-2/h10-11H,3-9,14H2,1-2H3,(H,15,18)(H,16,17). The number of rotatable bonds is 11. The van der Waals surface area contributed by atoms with Gasteiger partial charge in [0.1, 0.15) is 0 Å². The Balaban J connectivity index is 3.63. The van der Waals surface area contributed by atoms with Crippen LogP contribution in [0, 0.1) is 5.92 Å². The molecular weight excluding hydrogens is 248 g/mol. The number of carbonyl (C=O) groups excluding carboxylic acids is 1. The molecule has 0 aromatic heterocycles. The van der Waals surface area contributed by atoms with Gasteiger partial charge < -0.3 is 20.9 Å². The Labute approximate surface area is 114 Å². The lowest BCUT2D eigenvalue weighted by atomic mass is 10.0. The van der Waals surface area contributed by atoms with Crippen molar-refractivity contribution in [2.75, 3.05) is 20.3 Å². The summed E-state index contributed by atoms with van der Waals surface area (Å²) in [6.45, 7) is 3.12. The normalized spacial score (nSPS) is 13.8. The van der Waals surface area contributed by atoms with E-state index in [9.17, 15) is 9.59 Å². The van der Waals surface area contributed by atoms with Gasteiger partial charge in [0.05, 0.1) is 6.04 Å². The van der Waals surface area contributed by atoms with Gasteiger partial charge in [0.25, 0.3) is 0 Å². The number of carboxylic acids is 1. The van der Waals surface area contributed by atoms with Gasteiger partial charge in [0, 0.05) is 26.7 Å². The van der Waals surface area contributed by atoms with E-state index in [1.54, 1.807) is 7.11 Å². The van der Waals surface area contributed by atoms with Crippen molar-refractivity contribution in [2.45, 2.75) is 45.1 Å². The molecule has 0 aliphatic rings. The maximum absolute atomic E-state index is 11.6. The highest BCUT2D eigenvalue weighted by Gasteiger charge is 2.13. The quantitative estimate of drug-likeness (QED) is 0.482. The molecule has 0 rings (SSSR count). The highest BCUT2D eigenvalue weighted by molar-refractivity contribution is 5.81. The van der Waals surface area contributed by atoms with Crippen molar-refractivity contribution in [3.05, 3.63) is 0 Å². The van der Waals surface area contributed by atoms with Gasteiger partial charge in [0.15, 0.2) is 0 Å². The van der Waals surface area contributed by atoms with E-state index in [0.717, 1.165) is 12.8 Å². The first-order chi connectivity index (χ1) is 8.97. The molecule has 0 aliphatic carbocycles. The summed E-state index contributed by atoms with van der Waals surface area (Å²) in [7, 11) is 1.62. The lowest BCUT2D eigenvalue weighted by molar-refractivity contribution is -0.137. The third kappa shape index (κ3) is 10.5. The molecule has 0 aromatic rings. The molecule has 6 nitrogen and oxygen atoms in total. The SMILES string of the molecule is COCCCC(N)C(=O)NCCC(C)CCC(=O)O. The zero-order valence-electron chi connectivity index (χ0n) is 11.9. The van der Waals surface area contributed by atoms with Crippen molar-refractivity contribution >= 4 is 11.9 Å². The zero-order chi connectivity index (χ0) is 14.7. The fourth-order valence-electron chi connectivity index (χ4n) is 1.67. The van der Waals surface area contributed by atoms with Gasteiger partial charge in [-0.15, -0.1) is 0 Å². The van der Waals surface area contributed by atoms with Gasteiger partial charge in [-0.3, -0.25) is 9.59 Å². The largest absolute Gasteiger partial charge is 0.481 e. The van der Waals surface area contributed by atoms with Crippen molar-refractivity contribution in [2.24, 2.45) is 11.7 Å². The van der Waals surface area contributed by atoms with Gasteiger partial charge in [-0.1, -0.05) is 6.92 Å². The number of hydrogen-bond donors (Lipinski definition) is 3. The number of carbonyl (C=O) groups is 2. The molecule has 6 heteroatoms. The molecule has 4 N–H and O–H groups in total. The van der Waals surface area contributed by atoms with E-state index in [-0.39, 0.29) is 18.2 Å². The number of carboxylic acid groups (broad SMARTS) is 1. The number of amides is 1. The van der Waals surface area contributed by atoms with Crippen molar-refractivity contribution in [3.8, 4) is 0 Å². The lowest BCUT2D eigenvalue weighted by Gasteiger charge is -2.14. The van der Waals surface area contributed by atoms with Crippen molar-refractivity contribution in [1.82, 2.24) is 5.32 Å². The Hall–Kier alpha value is -1.14. The molecule has 0 radical (unpaired) electrons. The first kappa shape index (κ1) is 17.9. The van der Waals surface area contributed by atoms with Gasteiger partial charge >= 0.3 is 5.97 Å². The van der Waals surface area contributed by atoms with Gasteiger partial charge in [-0.2, -0.15) is 0 Å². The zero-order valence-corrected chi connectivity index (χ0v) is 11.9. The summed E-state index contributed by atoms with van der Waals surface area (Å²) >= 11 is 0. The molecule has 2 atom stereocenters. The molecule has 0 saturated carbocycles. The van der Waals surface area contributed by atoms with E-state index in [4.69, 9.17) is 15.6 Å². The number of methoxy groups -OCH3 is 1. The highest BCUT2D eigenvalue weighted by Crippen LogP contribution is 2.09. The molecule has 0 heterocycles. The molecule has 2 unspecified atom stereocenters. The Morgan fingerprint density at radius 2 is 2.00 bits per heavy atom. The van der Waals surface area contributed by atoms with Crippen LogP contribution in [0.25, 0.3) is 0 Å². The maximum atomic E-state index is 11.6. The summed E-state index contributed by atoms with van der Waals surface area (Å²) in [5, 5.41) is 11.3. The second-order valence-electron chi connectivity index (χ2n) is 4.86. The average molecular weight is 274 g/mol. The van der Waals surface area contributed by atoms with E-state index in [2.05, 4.69) is 5.32 Å². The van der Waals surface area contributed by atoms with E-state index >= 15 is 0 Å². The van der Waals surface area contributed by atoms with Crippen LogP contribution < -0.4 is 11.1 Å². The van der Waals surface area contributed by atoms with Gasteiger partial charge in [-0.05, 0) is 31.6 Å². The summed E-state index contributed by atoms with van der Waals surface area (Å²) in [5.74, 6) is -0.654. The van der Waals surface area contributed by atoms with Gasteiger partial charge in [0.2, 0.25) is 5.91 Å². The van der Waals surface area contributed by atoms with Crippen LogP contribution in [0.15, 0.2) is 0 Å². The molecular formula is C13H26N2O4. The molecule has 0 aliphatic heterocycles. The van der Waals surface area contributed by atoms with Crippen LogP contribution >= 0.6 is 0 Å². The number of nitrogens with two attached hydrogens (primary N) is 1. The Bertz CT molecular complexity index is 271. The fraction of sp³-hybridized carbons (Fsp3) is 0.846. The first-order valence-electron chi connectivity index (χ1n) is 6.71. The summed E-state index contributed by atoms with van der Waals surface area (Å²) in [4.78, 5) is 22.0. The third-order valence-corrected chi connectivity index (χ3v) is 2.99. The van der Waals surface area contributed by atoms with Crippen molar-refractivity contribution in [1.29, 1.82) is 0 Å². The number of aliphatic carboxylic acids is 1. The predicted octanol–water partition coefficient (Wildman–Crippen LogP) is 0.748. The molecule has 0 bridgehead atoms. The molecule has 0 fully saturated rings. The summed E-state index contributed by atoms with van der Waals surface area (Å²) in [6.07, 6.45) is 2.94. The van der Waals surface area contributed by atoms with Crippen LogP contribution in [-0.2, 0) is 14.3 Å². The van der Waals surface area contributed by atoms with E-state index in [1.165, 1.54) is 0 Å². The second kappa shape index (κ2) is 10.8. The smallest absolute Gasteiger partial charge is 0.303 e. The molecule has 0 saturated heterocycles. The Morgan fingerprint density at radius 1 is 1.32 bits per heavy atom. The minimum atomic E-state index is -0.781. The Morgan fingerprint density at radius 3 is 2.58 bits per heavy atom. The van der Waals surface area contributed by atoms with E-state index in [0.29, 0.717) is 26.0 Å². The van der Waals surface area contributed by atoms with Crippen molar-refractivity contribution in [3.63, 3.8) is 0 Å². The molecule has 0 aromatic carbocycles. The van der Waals surface area contributed by atoms with Crippen LogP contribution in [0.3, 0.4) is 0 Å². The molecule has 19 heavy (non-hydrogen) atoms. The van der Waals surface area contributed by atoms with E-state index in [1.807, 2.05) is 6.92 Å². The predicted molar refractivity (Wildman–Crippen MR) is 72.7 cm³/mol. The fourth-order valence-corrected chi connectivity index (χ4v) is 1.67.